The van der Waals surface area contributed by atoms with Crippen molar-refractivity contribution in [1.29, 1.82) is 0 Å². The molecule has 2 N–H and O–H groups in total. The van der Waals surface area contributed by atoms with Gasteiger partial charge in [-0.15, -0.1) is 0 Å². The maximum absolute atomic E-state index is 12.8. The number of carbonyl (C=O) groups excluding carboxylic acids is 1. The van der Waals surface area contributed by atoms with Gasteiger partial charge in [0.25, 0.3) is 15.9 Å². The number of aryl methyl sites for hydroxylation is 1. The van der Waals surface area contributed by atoms with Crippen LogP contribution < -0.4 is 10.0 Å². The van der Waals surface area contributed by atoms with Crippen molar-refractivity contribution in [3.05, 3.63) is 94.0 Å². The average Bonchev–Trinajstić information content (AvgIpc) is 2.72. The standard InChI is InChI=1S/C22H18ClF3N2O3S/c1-14-5-8-18(9-6-14)32(30,31)28-17-7-10-19(20(23)12-17)21(29)27-13-15-3-2-4-16(11-15)22(24,25)26/h2-12,28H,13H2,1H3,(H,27,29). The molecular weight excluding hydrogens is 465 g/mol. The van der Waals surface area contributed by atoms with Crippen LogP contribution in [0.3, 0.4) is 0 Å². The molecule has 32 heavy (non-hydrogen) atoms. The predicted octanol–water partition coefficient (Wildman–Crippen LogP) is 5.40. The Morgan fingerprint density at radius 3 is 2.31 bits per heavy atom. The first-order chi connectivity index (χ1) is 15.0. The zero-order valence-electron chi connectivity index (χ0n) is 16.7. The van der Waals surface area contributed by atoms with Crippen LogP contribution in [0, 0.1) is 6.92 Å². The van der Waals surface area contributed by atoms with Gasteiger partial charge in [0.2, 0.25) is 0 Å². The molecule has 3 aromatic carbocycles. The molecule has 10 heteroatoms. The molecule has 0 unspecified atom stereocenters. The Bertz CT molecular complexity index is 1240. The van der Waals surface area contributed by atoms with Crippen LogP contribution in [0.15, 0.2) is 71.6 Å². The minimum absolute atomic E-state index is 0.0179. The molecule has 0 aromatic heterocycles. The first-order valence-electron chi connectivity index (χ1n) is 9.29. The maximum atomic E-state index is 12.8. The van der Waals surface area contributed by atoms with E-state index >= 15 is 0 Å². The van der Waals surface area contributed by atoms with Gasteiger partial charge in [0.05, 0.1) is 26.7 Å². The Balaban J connectivity index is 1.69. The lowest BCUT2D eigenvalue weighted by Crippen LogP contribution is -2.23. The molecule has 0 aliphatic rings. The van der Waals surface area contributed by atoms with E-state index in [1.54, 1.807) is 12.1 Å². The van der Waals surface area contributed by atoms with E-state index in [4.69, 9.17) is 11.6 Å². The molecule has 5 nitrogen and oxygen atoms in total. The highest BCUT2D eigenvalue weighted by Crippen LogP contribution is 2.29. The van der Waals surface area contributed by atoms with Gasteiger partial charge >= 0.3 is 6.18 Å². The van der Waals surface area contributed by atoms with Gasteiger partial charge in [-0.3, -0.25) is 9.52 Å². The number of sulfonamides is 1. The van der Waals surface area contributed by atoms with Gasteiger partial charge < -0.3 is 5.32 Å². The van der Waals surface area contributed by atoms with Crippen molar-refractivity contribution < 1.29 is 26.4 Å². The summed E-state index contributed by atoms with van der Waals surface area (Å²) in [5.41, 5.74) is 0.577. The summed E-state index contributed by atoms with van der Waals surface area (Å²) < 4.78 is 65.8. The molecule has 0 radical (unpaired) electrons. The van der Waals surface area contributed by atoms with Crippen LogP contribution in [-0.4, -0.2) is 14.3 Å². The van der Waals surface area contributed by atoms with Crippen molar-refractivity contribution in [1.82, 2.24) is 5.32 Å². The van der Waals surface area contributed by atoms with Gasteiger partial charge in [-0.2, -0.15) is 13.2 Å². The third kappa shape index (κ3) is 5.80. The molecule has 168 valence electrons. The SMILES string of the molecule is Cc1ccc(S(=O)(=O)Nc2ccc(C(=O)NCc3cccc(C(F)(F)F)c3)c(Cl)c2)cc1. The second kappa shape index (κ2) is 9.22. The molecule has 0 aliphatic heterocycles. The van der Waals surface area contributed by atoms with E-state index in [1.807, 2.05) is 6.92 Å². The van der Waals surface area contributed by atoms with Crippen LogP contribution in [0.1, 0.15) is 27.0 Å². The second-order valence-electron chi connectivity index (χ2n) is 6.99. The molecule has 0 bridgehead atoms. The molecule has 0 spiro atoms. The van der Waals surface area contributed by atoms with Crippen molar-refractivity contribution in [3.8, 4) is 0 Å². The van der Waals surface area contributed by atoms with Crippen LogP contribution in [0.25, 0.3) is 0 Å². The lowest BCUT2D eigenvalue weighted by atomic mass is 10.1. The molecule has 1 amide bonds. The quantitative estimate of drug-likeness (QED) is 0.494. The van der Waals surface area contributed by atoms with Gasteiger partial charge in [-0.25, -0.2) is 8.42 Å². The highest BCUT2D eigenvalue weighted by atomic mass is 35.5. The molecule has 0 saturated heterocycles. The van der Waals surface area contributed by atoms with E-state index in [1.165, 1.54) is 42.5 Å². The number of hydrogen-bond donors (Lipinski definition) is 2. The minimum atomic E-state index is -4.48. The number of alkyl halides is 3. The summed E-state index contributed by atoms with van der Waals surface area (Å²) in [6.07, 6.45) is -4.48. The second-order valence-corrected chi connectivity index (χ2v) is 9.08. The lowest BCUT2D eigenvalue weighted by Gasteiger charge is -2.12. The van der Waals surface area contributed by atoms with E-state index in [-0.39, 0.29) is 33.3 Å². The molecule has 0 atom stereocenters. The molecule has 3 aromatic rings. The summed E-state index contributed by atoms with van der Waals surface area (Å²) in [5.74, 6) is -0.611. The first-order valence-corrected chi connectivity index (χ1v) is 11.2. The average molecular weight is 483 g/mol. The van der Waals surface area contributed by atoms with Gasteiger partial charge in [-0.05, 0) is 55.0 Å². The van der Waals surface area contributed by atoms with Crippen LogP contribution in [0.4, 0.5) is 18.9 Å². The Labute approximate surface area is 188 Å². The normalized spacial score (nSPS) is 11.8. The number of carbonyl (C=O) groups is 1. The van der Waals surface area contributed by atoms with E-state index in [0.717, 1.165) is 17.7 Å². The van der Waals surface area contributed by atoms with E-state index < -0.39 is 27.7 Å². The third-order valence-corrected chi connectivity index (χ3v) is 6.21. The Morgan fingerprint density at radius 2 is 1.69 bits per heavy atom. The van der Waals surface area contributed by atoms with E-state index in [2.05, 4.69) is 10.0 Å². The Kier molecular flexibility index (Phi) is 6.80. The highest BCUT2D eigenvalue weighted by Gasteiger charge is 2.30. The number of anilines is 1. The summed E-state index contributed by atoms with van der Waals surface area (Å²) in [6.45, 7) is 1.70. The van der Waals surface area contributed by atoms with E-state index in [9.17, 15) is 26.4 Å². The smallest absolute Gasteiger partial charge is 0.348 e. The van der Waals surface area contributed by atoms with Crippen molar-refractivity contribution in [2.75, 3.05) is 4.72 Å². The number of hydrogen-bond acceptors (Lipinski definition) is 3. The zero-order chi connectivity index (χ0) is 23.5. The Morgan fingerprint density at radius 1 is 1.00 bits per heavy atom. The van der Waals surface area contributed by atoms with Crippen molar-refractivity contribution in [2.45, 2.75) is 24.5 Å². The number of benzene rings is 3. The number of halogens is 4. The monoisotopic (exact) mass is 482 g/mol. The van der Waals surface area contributed by atoms with Crippen molar-refractivity contribution in [2.24, 2.45) is 0 Å². The predicted molar refractivity (Wildman–Crippen MR) is 116 cm³/mol. The molecule has 0 aliphatic carbocycles. The van der Waals surface area contributed by atoms with Crippen molar-refractivity contribution >= 4 is 33.2 Å². The number of amides is 1. The molecule has 0 heterocycles. The van der Waals surface area contributed by atoms with Crippen LogP contribution in [0.2, 0.25) is 5.02 Å². The lowest BCUT2D eigenvalue weighted by molar-refractivity contribution is -0.137. The molecule has 0 saturated carbocycles. The van der Waals surface area contributed by atoms with Gasteiger partial charge in [0, 0.05) is 6.54 Å². The fraction of sp³-hybridized carbons (Fsp3) is 0.136. The fourth-order valence-corrected chi connectivity index (χ4v) is 4.15. The maximum Gasteiger partial charge on any atom is 0.416 e. The molecular formula is C22H18ClF3N2O3S. The van der Waals surface area contributed by atoms with Crippen molar-refractivity contribution in [3.63, 3.8) is 0 Å². The van der Waals surface area contributed by atoms with E-state index in [0.29, 0.717) is 0 Å². The fourth-order valence-electron chi connectivity index (χ4n) is 2.83. The topological polar surface area (TPSA) is 75.3 Å². The number of rotatable bonds is 6. The Hall–Kier alpha value is -3.04. The summed E-state index contributed by atoms with van der Waals surface area (Å²) in [7, 11) is -3.84. The highest BCUT2D eigenvalue weighted by molar-refractivity contribution is 7.92. The largest absolute Gasteiger partial charge is 0.416 e. The number of nitrogens with one attached hydrogen (secondary N) is 2. The summed E-state index contributed by atoms with van der Waals surface area (Å²) in [6, 6.07) is 14.9. The van der Waals surface area contributed by atoms with Gasteiger partial charge in [0.1, 0.15) is 0 Å². The summed E-state index contributed by atoms with van der Waals surface area (Å²) in [4.78, 5) is 12.5. The van der Waals surface area contributed by atoms with Gasteiger partial charge in [-0.1, -0.05) is 41.4 Å². The molecule has 3 rings (SSSR count). The van der Waals surface area contributed by atoms with Crippen LogP contribution in [-0.2, 0) is 22.7 Å². The first kappa shape index (κ1) is 23.6. The van der Waals surface area contributed by atoms with Crippen LogP contribution in [0.5, 0.6) is 0 Å². The molecule has 0 fully saturated rings. The zero-order valence-corrected chi connectivity index (χ0v) is 18.3. The summed E-state index contributed by atoms with van der Waals surface area (Å²) >= 11 is 6.14. The van der Waals surface area contributed by atoms with Crippen LogP contribution >= 0.6 is 11.6 Å². The van der Waals surface area contributed by atoms with Gasteiger partial charge in [0.15, 0.2) is 0 Å². The third-order valence-electron chi connectivity index (χ3n) is 4.50. The minimum Gasteiger partial charge on any atom is -0.348 e. The summed E-state index contributed by atoms with van der Waals surface area (Å²) in [5, 5.41) is 2.49.